The van der Waals surface area contributed by atoms with Crippen LogP contribution in [-0.2, 0) is 11.2 Å². The van der Waals surface area contributed by atoms with Crippen LogP contribution in [0.1, 0.15) is 25.8 Å². The van der Waals surface area contributed by atoms with E-state index in [1.807, 2.05) is 91.5 Å². The molecule has 1 N–H and O–H groups in total. The molecule has 0 radical (unpaired) electrons. The molecule has 0 saturated carbocycles. The number of hydrogen-bond acceptors (Lipinski definition) is 5. The Kier molecular flexibility index (Phi) is 9.08. The molecule has 1 aliphatic rings. The number of nitrogens with one attached hydrogen (secondary N) is 1. The summed E-state index contributed by atoms with van der Waals surface area (Å²) in [6.45, 7) is 7.11. The number of amides is 3. The van der Waals surface area contributed by atoms with Gasteiger partial charge in [0.15, 0.2) is 5.82 Å². The van der Waals surface area contributed by atoms with E-state index in [2.05, 4.69) is 20.4 Å². The van der Waals surface area contributed by atoms with Crippen molar-refractivity contribution in [2.45, 2.75) is 32.7 Å². The summed E-state index contributed by atoms with van der Waals surface area (Å²) in [7, 11) is 0. The summed E-state index contributed by atoms with van der Waals surface area (Å²) >= 11 is 0. The van der Waals surface area contributed by atoms with Crippen molar-refractivity contribution in [1.29, 1.82) is 0 Å². The molecule has 3 aromatic rings. The Morgan fingerprint density at radius 1 is 0.892 bits per heavy atom. The quantitative estimate of drug-likeness (QED) is 0.508. The number of hydrogen-bond donors (Lipinski definition) is 1. The largest absolute Gasteiger partial charge is 0.353 e. The number of benzene rings is 2. The normalized spacial score (nSPS) is 13.8. The van der Waals surface area contributed by atoms with Gasteiger partial charge in [0.25, 0.3) is 0 Å². The third-order valence-corrected chi connectivity index (χ3v) is 6.43. The summed E-state index contributed by atoms with van der Waals surface area (Å²) in [4.78, 5) is 31.8. The van der Waals surface area contributed by atoms with E-state index in [0.29, 0.717) is 32.6 Å². The van der Waals surface area contributed by atoms with E-state index in [-0.39, 0.29) is 24.5 Å². The van der Waals surface area contributed by atoms with E-state index in [4.69, 9.17) is 0 Å². The monoisotopic (exact) mass is 500 g/mol. The number of anilines is 1. The second-order valence-electron chi connectivity index (χ2n) is 9.63. The van der Waals surface area contributed by atoms with Gasteiger partial charge in [-0.25, -0.2) is 4.79 Å². The zero-order valence-corrected chi connectivity index (χ0v) is 21.7. The lowest BCUT2D eigenvalue weighted by Crippen LogP contribution is -2.49. The SMILES string of the molecule is CC(C)NC(=O)N(CCc1ccccc1)CC(=O)N1CCCN(c2ccc(-c3ccccc3)nn2)CC1. The average Bonchev–Trinajstić information content (AvgIpc) is 3.18. The van der Waals surface area contributed by atoms with Gasteiger partial charge in [-0.05, 0) is 44.4 Å². The summed E-state index contributed by atoms with van der Waals surface area (Å²) in [5.74, 6) is 0.786. The fourth-order valence-corrected chi connectivity index (χ4v) is 4.42. The van der Waals surface area contributed by atoms with E-state index < -0.39 is 0 Å². The maximum absolute atomic E-state index is 13.3. The lowest BCUT2D eigenvalue weighted by molar-refractivity contribution is -0.131. The first-order valence-electron chi connectivity index (χ1n) is 13.0. The first kappa shape index (κ1) is 26.1. The van der Waals surface area contributed by atoms with Gasteiger partial charge in [0.1, 0.15) is 6.54 Å². The van der Waals surface area contributed by atoms with Crippen LogP contribution in [0.2, 0.25) is 0 Å². The standard InChI is InChI=1S/C29H36N6O2/c1-23(2)30-29(37)35(19-16-24-10-5-3-6-11-24)22-28(36)34-18-9-17-33(20-21-34)27-15-14-26(31-32-27)25-12-7-4-8-13-25/h3-8,10-15,23H,9,16-22H2,1-2H3,(H,30,37). The van der Waals surface area contributed by atoms with Gasteiger partial charge in [-0.2, -0.15) is 0 Å². The summed E-state index contributed by atoms with van der Waals surface area (Å²) < 4.78 is 0. The summed E-state index contributed by atoms with van der Waals surface area (Å²) in [6.07, 6.45) is 1.53. The third-order valence-electron chi connectivity index (χ3n) is 6.43. The number of nitrogens with zero attached hydrogens (tertiary/aromatic N) is 5. The van der Waals surface area contributed by atoms with Gasteiger partial charge in [0, 0.05) is 44.3 Å². The molecule has 194 valence electrons. The highest BCUT2D eigenvalue weighted by molar-refractivity contribution is 5.84. The van der Waals surface area contributed by atoms with Crippen molar-refractivity contribution >= 4 is 17.8 Å². The molecule has 1 fully saturated rings. The van der Waals surface area contributed by atoms with E-state index in [1.165, 1.54) is 0 Å². The van der Waals surface area contributed by atoms with Crippen LogP contribution in [-0.4, -0.2) is 77.2 Å². The molecule has 4 rings (SSSR count). The molecule has 8 nitrogen and oxygen atoms in total. The van der Waals surface area contributed by atoms with Gasteiger partial charge in [-0.15, -0.1) is 10.2 Å². The van der Waals surface area contributed by atoms with Crippen molar-refractivity contribution in [2.24, 2.45) is 0 Å². The predicted octanol–water partition coefficient (Wildman–Crippen LogP) is 3.85. The molecule has 3 amide bonds. The van der Waals surface area contributed by atoms with Crippen LogP contribution in [0.15, 0.2) is 72.8 Å². The first-order chi connectivity index (χ1) is 18.0. The molecule has 0 spiro atoms. The molecule has 0 aliphatic carbocycles. The van der Waals surface area contributed by atoms with Gasteiger partial charge < -0.3 is 20.0 Å². The Labute approximate surface area is 219 Å². The van der Waals surface area contributed by atoms with Crippen LogP contribution in [0, 0.1) is 0 Å². The van der Waals surface area contributed by atoms with Crippen molar-refractivity contribution in [2.75, 3.05) is 44.2 Å². The van der Waals surface area contributed by atoms with Crippen LogP contribution in [0.25, 0.3) is 11.3 Å². The number of carbonyl (C=O) groups is 2. The molecule has 0 bridgehead atoms. The van der Waals surface area contributed by atoms with Gasteiger partial charge in [0.2, 0.25) is 5.91 Å². The first-order valence-corrected chi connectivity index (χ1v) is 13.0. The average molecular weight is 501 g/mol. The minimum Gasteiger partial charge on any atom is -0.353 e. The van der Waals surface area contributed by atoms with Gasteiger partial charge in [0.05, 0.1) is 5.69 Å². The van der Waals surface area contributed by atoms with Crippen LogP contribution in [0.4, 0.5) is 10.6 Å². The zero-order valence-electron chi connectivity index (χ0n) is 21.7. The predicted molar refractivity (Wildman–Crippen MR) is 146 cm³/mol. The highest BCUT2D eigenvalue weighted by Gasteiger charge is 2.24. The van der Waals surface area contributed by atoms with Crippen molar-refractivity contribution in [1.82, 2.24) is 25.3 Å². The molecule has 0 unspecified atom stereocenters. The molecule has 8 heteroatoms. The van der Waals surface area contributed by atoms with E-state index in [1.54, 1.807) is 4.90 Å². The van der Waals surface area contributed by atoms with Crippen LogP contribution < -0.4 is 10.2 Å². The minimum absolute atomic E-state index is 0.00274. The second-order valence-corrected chi connectivity index (χ2v) is 9.63. The molecule has 1 saturated heterocycles. The van der Waals surface area contributed by atoms with Gasteiger partial charge in [-0.1, -0.05) is 60.7 Å². The summed E-state index contributed by atoms with van der Waals surface area (Å²) in [6, 6.07) is 23.8. The lowest BCUT2D eigenvalue weighted by atomic mass is 10.1. The van der Waals surface area contributed by atoms with Crippen LogP contribution in [0.3, 0.4) is 0 Å². The third kappa shape index (κ3) is 7.52. The topological polar surface area (TPSA) is 81.7 Å². The second kappa shape index (κ2) is 12.9. The lowest BCUT2D eigenvalue weighted by Gasteiger charge is -2.28. The van der Waals surface area contributed by atoms with Crippen molar-refractivity contribution < 1.29 is 9.59 Å². The van der Waals surface area contributed by atoms with Crippen LogP contribution >= 0.6 is 0 Å². The number of rotatable bonds is 8. The highest BCUT2D eigenvalue weighted by atomic mass is 16.2. The number of urea groups is 1. The molecule has 2 aromatic carbocycles. The highest BCUT2D eigenvalue weighted by Crippen LogP contribution is 2.19. The minimum atomic E-state index is -0.204. The fraction of sp³-hybridized carbons (Fsp3) is 0.379. The molecule has 1 aliphatic heterocycles. The Morgan fingerprint density at radius 3 is 2.30 bits per heavy atom. The molecule has 37 heavy (non-hydrogen) atoms. The summed E-state index contributed by atoms with van der Waals surface area (Å²) in [5, 5.41) is 11.8. The van der Waals surface area contributed by atoms with Crippen LogP contribution in [0.5, 0.6) is 0 Å². The van der Waals surface area contributed by atoms with Crippen molar-refractivity contribution in [3.05, 3.63) is 78.4 Å². The molecule has 0 atom stereocenters. The Balaban J connectivity index is 1.35. The van der Waals surface area contributed by atoms with E-state index >= 15 is 0 Å². The molecule has 1 aromatic heterocycles. The van der Waals surface area contributed by atoms with E-state index in [9.17, 15) is 9.59 Å². The van der Waals surface area contributed by atoms with E-state index in [0.717, 1.165) is 35.6 Å². The smallest absolute Gasteiger partial charge is 0.318 e. The molecular formula is C29H36N6O2. The zero-order chi connectivity index (χ0) is 26.0. The maximum Gasteiger partial charge on any atom is 0.318 e. The maximum atomic E-state index is 13.3. The van der Waals surface area contributed by atoms with Crippen molar-refractivity contribution in [3.8, 4) is 11.3 Å². The summed E-state index contributed by atoms with van der Waals surface area (Å²) in [5.41, 5.74) is 3.01. The Morgan fingerprint density at radius 2 is 1.62 bits per heavy atom. The fourth-order valence-electron chi connectivity index (χ4n) is 4.42. The number of aromatic nitrogens is 2. The van der Waals surface area contributed by atoms with Gasteiger partial charge in [-0.3, -0.25) is 4.79 Å². The Bertz CT molecular complexity index is 1140. The molecule has 2 heterocycles. The van der Waals surface area contributed by atoms with Crippen molar-refractivity contribution in [3.63, 3.8) is 0 Å². The molecular weight excluding hydrogens is 464 g/mol. The van der Waals surface area contributed by atoms with Gasteiger partial charge >= 0.3 is 6.03 Å². The number of carbonyl (C=O) groups excluding carboxylic acids is 2. The Hall–Kier alpha value is -3.94.